The number of benzene rings is 2. The van der Waals surface area contributed by atoms with Gasteiger partial charge >= 0.3 is 6.09 Å². The van der Waals surface area contributed by atoms with E-state index in [1.165, 1.54) is 49.8 Å². The Balaban J connectivity index is 1.44. The number of pyridine rings is 1. The Morgan fingerprint density at radius 3 is 2.52 bits per heavy atom. The average molecular weight is 545 g/mol. The molecule has 1 amide bonds. The molecule has 0 aliphatic rings. The highest BCUT2D eigenvalue weighted by atomic mass is 19.1. The van der Waals surface area contributed by atoms with Gasteiger partial charge in [-0.25, -0.2) is 38.1 Å². The summed E-state index contributed by atoms with van der Waals surface area (Å²) in [6.07, 6.45) is 3.48. The summed E-state index contributed by atoms with van der Waals surface area (Å²) in [5, 5.41) is 12.0. The largest absolute Gasteiger partial charge is 0.481 e. The second-order valence-corrected chi connectivity index (χ2v) is 8.69. The lowest BCUT2D eigenvalue weighted by Gasteiger charge is -2.13. The molecule has 40 heavy (non-hydrogen) atoms. The number of aromatic nitrogens is 5. The summed E-state index contributed by atoms with van der Waals surface area (Å²) < 4.78 is 34.7. The van der Waals surface area contributed by atoms with Crippen LogP contribution in [0.4, 0.5) is 13.6 Å². The first-order valence-electron chi connectivity index (χ1n) is 12.2. The van der Waals surface area contributed by atoms with Gasteiger partial charge in [-0.15, -0.1) is 0 Å². The smallest absolute Gasteiger partial charge is 0.416 e. The number of halogens is 2. The maximum Gasteiger partial charge on any atom is 0.416 e. The molecule has 0 fully saturated rings. The summed E-state index contributed by atoms with van der Waals surface area (Å²) in [6.45, 7) is 0.284. The van der Waals surface area contributed by atoms with Crippen LogP contribution < -0.4 is 10.1 Å². The number of rotatable bonds is 8. The number of nitrogens with one attached hydrogen (secondary N) is 1. The maximum atomic E-state index is 15.0. The van der Waals surface area contributed by atoms with Crippen LogP contribution >= 0.6 is 0 Å². The number of hydrogen-bond acceptors (Lipinski definition) is 7. The van der Waals surface area contributed by atoms with Crippen LogP contribution in [-0.4, -0.2) is 55.3 Å². The number of amides is 1. The van der Waals surface area contributed by atoms with Crippen molar-refractivity contribution in [1.29, 1.82) is 0 Å². The van der Waals surface area contributed by atoms with E-state index in [1.54, 1.807) is 18.2 Å². The van der Waals surface area contributed by atoms with Crippen LogP contribution in [0.25, 0.3) is 33.5 Å². The average Bonchev–Trinajstić information content (AvgIpc) is 3.44. The van der Waals surface area contributed by atoms with Gasteiger partial charge in [-0.2, -0.15) is 0 Å². The van der Waals surface area contributed by atoms with E-state index in [-0.39, 0.29) is 29.6 Å². The van der Waals surface area contributed by atoms with Crippen LogP contribution in [-0.2, 0) is 6.42 Å². The number of carboxylic acid groups (broad SMARTS) is 1. The van der Waals surface area contributed by atoms with E-state index in [1.807, 2.05) is 0 Å². The Morgan fingerprint density at radius 2 is 1.77 bits per heavy atom. The Morgan fingerprint density at radius 1 is 1.00 bits per heavy atom. The van der Waals surface area contributed by atoms with Gasteiger partial charge in [0.1, 0.15) is 17.3 Å². The third kappa shape index (κ3) is 5.46. The Bertz CT molecular complexity index is 1720. The molecule has 12 heteroatoms. The molecule has 0 unspecified atom stereocenters. The van der Waals surface area contributed by atoms with E-state index in [2.05, 4.69) is 25.3 Å². The molecular weight excluding hydrogens is 522 g/mol. The van der Waals surface area contributed by atoms with Crippen molar-refractivity contribution in [2.45, 2.75) is 12.8 Å². The Labute approximate surface area is 226 Å². The first-order chi connectivity index (χ1) is 19.3. The second-order valence-electron chi connectivity index (χ2n) is 8.69. The quantitative estimate of drug-likeness (QED) is 0.268. The zero-order valence-corrected chi connectivity index (χ0v) is 21.1. The highest BCUT2D eigenvalue weighted by Gasteiger charge is 2.19. The molecule has 5 rings (SSSR count). The number of nitrogens with zero attached hydrogens (tertiary/aromatic N) is 5. The molecule has 3 heterocycles. The number of carbonyl (C=O) groups is 2. The number of hydrogen-bond donors (Lipinski definition) is 2. The summed E-state index contributed by atoms with van der Waals surface area (Å²) >= 11 is 0. The number of imidazole rings is 1. The van der Waals surface area contributed by atoms with Crippen LogP contribution in [0.15, 0.2) is 67.1 Å². The molecular formula is C28H22F2N6O4. The first kappa shape index (κ1) is 26.4. The standard InChI is InChI=1S/C28H22F2N6O4/c1-40-24-14-19(20(30)15-33-24)26-25(16-4-7-18(29)8-5-16)34-21-9-6-17(13-22(21)35-26)27(37)32-10-2-3-23-31-11-12-36(23)28(38)39/h4-9,11-15H,2-3,10H2,1H3,(H,32,37)(H,38,39). The minimum Gasteiger partial charge on any atom is -0.481 e. The molecule has 0 bridgehead atoms. The molecule has 0 aliphatic heterocycles. The highest BCUT2D eigenvalue weighted by Crippen LogP contribution is 2.34. The summed E-state index contributed by atoms with van der Waals surface area (Å²) in [5.41, 5.74) is 2.18. The van der Waals surface area contributed by atoms with Crippen molar-refractivity contribution in [2.24, 2.45) is 0 Å². The molecule has 0 atom stereocenters. The fourth-order valence-corrected chi connectivity index (χ4v) is 4.15. The van der Waals surface area contributed by atoms with Crippen LogP contribution in [0.1, 0.15) is 22.6 Å². The third-order valence-electron chi connectivity index (χ3n) is 6.12. The zero-order chi connectivity index (χ0) is 28.2. The lowest BCUT2D eigenvalue weighted by atomic mass is 10.0. The lowest BCUT2D eigenvalue weighted by molar-refractivity contribution is 0.0953. The highest BCUT2D eigenvalue weighted by molar-refractivity contribution is 5.98. The summed E-state index contributed by atoms with van der Waals surface area (Å²) in [6, 6.07) is 11.8. The fourth-order valence-electron chi connectivity index (χ4n) is 4.15. The van der Waals surface area contributed by atoms with E-state index < -0.39 is 17.7 Å². The van der Waals surface area contributed by atoms with Crippen LogP contribution in [0.2, 0.25) is 0 Å². The van der Waals surface area contributed by atoms with Gasteiger partial charge in [-0.1, -0.05) is 0 Å². The van der Waals surface area contributed by atoms with Gasteiger partial charge in [0.2, 0.25) is 5.88 Å². The fraction of sp³-hybridized carbons (Fsp3) is 0.143. The Hall–Kier alpha value is -5.26. The number of ether oxygens (including phenoxy) is 1. The van der Waals surface area contributed by atoms with Crippen LogP contribution in [0.3, 0.4) is 0 Å². The van der Waals surface area contributed by atoms with Gasteiger partial charge in [0.15, 0.2) is 5.82 Å². The molecule has 5 aromatic rings. The minimum absolute atomic E-state index is 0.0788. The SMILES string of the molecule is COc1cc(-c2nc3cc(C(=O)NCCCc4nccn4C(=O)O)ccc3nc2-c2ccc(F)cc2)c(F)cn1. The molecule has 0 spiro atoms. The molecule has 202 valence electrons. The van der Waals surface area contributed by atoms with E-state index in [9.17, 15) is 18.4 Å². The maximum absolute atomic E-state index is 15.0. The second kappa shape index (κ2) is 11.2. The monoisotopic (exact) mass is 544 g/mol. The molecule has 3 aromatic heterocycles. The molecule has 10 nitrogen and oxygen atoms in total. The van der Waals surface area contributed by atoms with Gasteiger partial charge in [0.05, 0.1) is 30.0 Å². The Kier molecular flexibility index (Phi) is 7.40. The van der Waals surface area contributed by atoms with Gasteiger partial charge in [0, 0.05) is 48.1 Å². The summed E-state index contributed by atoms with van der Waals surface area (Å²) in [4.78, 5) is 41.3. The van der Waals surface area contributed by atoms with Gasteiger partial charge < -0.3 is 15.2 Å². The minimum atomic E-state index is -1.12. The first-order valence-corrected chi connectivity index (χ1v) is 12.2. The van der Waals surface area contributed by atoms with Gasteiger partial charge in [-0.05, 0) is 48.9 Å². The summed E-state index contributed by atoms with van der Waals surface area (Å²) in [7, 11) is 1.40. The van der Waals surface area contributed by atoms with Crippen LogP contribution in [0, 0.1) is 11.6 Å². The normalized spacial score (nSPS) is 11.0. The van der Waals surface area contributed by atoms with Crippen molar-refractivity contribution in [1.82, 2.24) is 29.8 Å². The van der Waals surface area contributed by atoms with Crippen molar-refractivity contribution < 1.29 is 28.2 Å². The number of methoxy groups -OCH3 is 1. The number of fused-ring (bicyclic) bond motifs is 1. The van der Waals surface area contributed by atoms with E-state index in [0.29, 0.717) is 46.5 Å². The van der Waals surface area contributed by atoms with Crippen LogP contribution in [0.5, 0.6) is 5.88 Å². The lowest BCUT2D eigenvalue weighted by Crippen LogP contribution is -2.25. The van der Waals surface area contributed by atoms with Gasteiger partial charge in [-0.3, -0.25) is 4.79 Å². The van der Waals surface area contributed by atoms with Crippen molar-refractivity contribution >= 4 is 23.0 Å². The number of aryl methyl sites for hydroxylation is 1. The molecule has 0 radical (unpaired) electrons. The van der Waals surface area contributed by atoms with Crippen molar-refractivity contribution in [3.8, 4) is 28.4 Å². The summed E-state index contributed by atoms with van der Waals surface area (Å²) in [5.74, 6) is -0.908. The predicted octanol–water partition coefficient (Wildman–Crippen LogP) is 4.73. The van der Waals surface area contributed by atoms with E-state index in [4.69, 9.17) is 9.84 Å². The van der Waals surface area contributed by atoms with E-state index >= 15 is 0 Å². The topological polar surface area (TPSA) is 132 Å². The van der Waals surface area contributed by atoms with Gasteiger partial charge in [0.25, 0.3) is 5.91 Å². The zero-order valence-electron chi connectivity index (χ0n) is 21.1. The molecule has 2 aromatic carbocycles. The van der Waals surface area contributed by atoms with Crippen molar-refractivity contribution in [3.05, 3.63) is 90.1 Å². The number of carbonyl (C=O) groups excluding carboxylic acids is 1. The molecule has 0 saturated heterocycles. The third-order valence-corrected chi connectivity index (χ3v) is 6.12. The van der Waals surface area contributed by atoms with Crippen molar-refractivity contribution in [2.75, 3.05) is 13.7 Å². The molecule has 2 N–H and O–H groups in total. The van der Waals surface area contributed by atoms with Crippen molar-refractivity contribution in [3.63, 3.8) is 0 Å². The molecule has 0 aliphatic carbocycles. The van der Waals surface area contributed by atoms with E-state index in [0.717, 1.165) is 10.8 Å². The predicted molar refractivity (Wildman–Crippen MR) is 141 cm³/mol. The molecule has 0 saturated carbocycles.